The molecule has 21 heavy (non-hydrogen) atoms. The van der Waals surface area contributed by atoms with Crippen molar-refractivity contribution in [3.8, 4) is 5.75 Å². The van der Waals surface area contributed by atoms with Gasteiger partial charge < -0.3 is 15.0 Å². The van der Waals surface area contributed by atoms with Crippen LogP contribution in [0.15, 0.2) is 39.7 Å². The Kier molecular flexibility index (Phi) is 4.47. The minimum absolute atomic E-state index is 0.109. The number of hydrogen-bond donors (Lipinski definition) is 2. The summed E-state index contributed by atoms with van der Waals surface area (Å²) in [6.07, 6.45) is 1.57. The van der Waals surface area contributed by atoms with E-state index < -0.39 is 5.91 Å². The monoisotopic (exact) mass is 350 g/mol. The van der Waals surface area contributed by atoms with Crippen molar-refractivity contribution in [2.24, 2.45) is 0 Å². The van der Waals surface area contributed by atoms with Crippen molar-refractivity contribution in [3.63, 3.8) is 0 Å². The van der Waals surface area contributed by atoms with E-state index in [1.807, 2.05) is 13.8 Å². The minimum Gasteiger partial charge on any atom is -0.506 e. The van der Waals surface area contributed by atoms with Gasteiger partial charge in [0.1, 0.15) is 5.75 Å². The topological polar surface area (TPSA) is 71.3 Å². The number of carbonyl (C=O) groups is 1. The molecule has 0 aliphatic rings. The van der Waals surface area contributed by atoms with Crippen molar-refractivity contribution in [1.82, 2.24) is 4.57 Å². The molecule has 0 saturated heterocycles. The second-order valence-electron chi connectivity index (χ2n) is 4.64. The van der Waals surface area contributed by atoms with Gasteiger partial charge in [0.15, 0.2) is 0 Å². The van der Waals surface area contributed by atoms with Crippen molar-refractivity contribution >= 4 is 27.5 Å². The highest BCUT2D eigenvalue weighted by atomic mass is 79.9. The van der Waals surface area contributed by atoms with E-state index in [4.69, 9.17) is 0 Å². The van der Waals surface area contributed by atoms with Crippen LogP contribution in [0.3, 0.4) is 0 Å². The van der Waals surface area contributed by atoms with Crippen molar-refractivity contribution < 1.29 is 9.90 Å². The fourth-order valence-electron chi connectivity index (χ4n) is 1.96. The molecule has 1 aromatic heterocycles. The van der Waals surface area contributed by atoms with Crippen LogP contribution >= 0.6 is 15.9 Å². The summed E-state index contributed by atoms with van der Waals surface area (Å²) in [4.78, 5) is 23.8. The molecule has 0 spiro atoms. The van der Waals surface area contributed by atoms with Crippen LogP contribution < -0.4 is 10.9 Å². The van der Waals surface area contributed by atoms with Crippen molar-refractivity contribution in [1.29, 1.82) is 0 Å². The number of nitrogens with zero attached hydrogens (tertiary/aromatic N) is 1. The molecule has 0 saturated carbocycles. The Balaban J connectivity index is 2.32. The van der Waals surface area contributed by atoms with Crippen LogP contribution in [-0.4, -0.2) is 15.6 Å². The van der Waals surface area contributed by atoms with Gasteiger partial charge in [-0.25, -0.2) is 0 Å². The Bertz CT molecular complexity index is 753. The van der Waals surface area contributed by atoms with Crippen LogP contribution in [0.4, 0.5) is 5.69 Å². The van der Waals surface area contributed by atoms with Gasteiger partial charge in [-0.1, -0.05) is 0 Å². The van der Waals surface area contributed by atoms with Gasteiger partial charge in [-0.15, -0.1) is 0 Å². The SMILES string of the molecule is CCn1cc(NC(=O)c2cc(C)cc(Br)c2O)ccc1=O. The summed E-state index contributed by atoms with van der Waals surface area (Å²) in [7, 11) is 0. The zero-order valence-corrected chi connectivity index (χ0v) is 13.3. The molecule has 0 aliphatic heterocycles. The van der Waals surface area contributed by atoms with E-state index in [0.717, 1.165) is 5.56 Å². The number of rotatable bonds is 3. The van der Waals surface area contributed by atoms with Gasteiger partial charge in [0, 0.05) is 18.8 Å². The second-order valence-corrected chi connectivity index (χ2v) is 5.49. The molecule has 0 bridgehead atoms. The predicted octanol–water partition coefficient (Wildman–Crippen LogP) is 2.90. The summed E-state index contributed by atoms with van der Waals surface area (Å²) in [5.41, 5.74) is 1.40. The van der Waals surface area contributed by atoms with Gasteiger partial charge in [-0.3, -0.25) is 9.59 Å². The third-order valence-electron chi connectivity index (χ3n) is 3.03. The molecule has 5 nitrogen and oxygen atoms in total. The van der Waals surface area contributed by atoms with Gasteiger partial charge in [-0.05, 0) is 53.5 Å². The van der Waals surface area contributed by atoms with Crippen LogP contribution in [-0.2, 0) is 6.54 Å². The summed E-state index contributed by atoms with van der Waals surface area (Å²) in [6, 6.07) is 6.26. The summed E-state index contributed by atoms with van der Waals surface area (Å²) >= 11 is 3.21. The highest BCUT2D eigenvalue weighted by Crippen LogP contribution is 2.29. The van der Waals surface area contributed by atoms with Crippen molar-refractivity contribution in [2.45, 2.75) is 20.4 Å². The van der Waals surface area contributed by atoms with Crippen molar-refractivity contribution in [2.75, 3.05) is 5.32 Å². The Morgan fingerprint density at radius 1 is 1.38 bits per heavy atom. The normalized spacial score (nSPS) is 10.4. The molecular formula is C15H15BrN2O3. The number of pyridine rings is 1. The lowest BCUT2D eigenvalue weighted by Gasteiger charge is -2.10. The molecule has 2 aromatic rings. The van der Waals surface area contributed by atoms with E-state index in [1.54, 1.807) is 18.3 Å². The number of benzene rings is 1. The predicted molar refractivity (Wildman–Crippen MR) is 84.9 cm³/mol. The van der Waals surface area contributed by atoms with E-state index in [1.165, 1.54) is 16.7 Å². The first-order chi connectivity index (χ1) is 9.92. The molecule has 0 unspecified atom stereocenters. The number of aromatic nitrogens is 1. The average Bonchev–Trinajstić information content (AvgIpc) is 2.44. The number of amides is 1. The first kappa shape index (κ1) is 15.3. The number of aromatic hydroxyl groups is 1. The number of phenolic OH excluding ortho intramolecular Hbond substituents is 1. The van der Waals surface area contributed by atoms with E-state index in [2.05, 4.69) is 21.2 Å². The number of nitrogens with one attached hydrogen (secondary N) is 1. The number of aryl methyl sites for hydroxylation is 2. The molecule has 2 N–H and O–H groups in total. The number of phenols is 1. The van der Waals surface area contributed by atoms with Crippen LogP contribution in [0, 0.1) is 6.92 Å². The summed E-state index contributed by atoms with van der Waals surface area (Å²) < 4.78 is 1.95. The first-order valence-electron chi connectivity index (χ1n) is 6.43. The van der Waals surface area contributed by atoms with E-state index in [9.17, 15) is 14.7 Å². The summed E-state index contributed by atoms with van der Waals surface area (Å²) in [6.45, 7) is 4.19. The Labute approximate surface area is 130 Å². The number of hydrogen-bond acceptors (Lipinski definition) is 3. The fourth-order valence-corrected chi connectivity index (χ4v) is 2.53. The maximum atomic E-state index is 12.2. The quantitative estimate of drug-likeness (QED) is 0.893. The minimum atomic E-state index is -0.432. The maximum absolute atomic E-state index is 12.2. The smallest absolute Gasteiger partial charge is 0.259 e. The standard InChI is InChI=1S/C15H15BrN2O3/c1-3-18-8-10(4-5-13(18)19)17-15(21)11-6-9(2)7-12(16)14(11)20/h4-8,20H,3H2,1-2H3,(H,17,21). The van der Waals surface area contributed by atoms with E-state index >= 15 is 0 Å². The highest BCUT2D eigenvalue weighted by molar-refractivity contribution is 9.10. The van der Waals surface area contributed by atoms with Gasteiger partial charge >= 0.3 is 0 Å². The molecule has 1 amide bonds. The second kappa shape index (κ2) is 6.13. The van der Waals surface area contributed by atoms with Gasteiger partial charge in [0.05, 0.1) is 15.7 Å². The van der Waals surface area contributed by atoms with Gasteiger partial charge in [-0.2, -0.15) is 0 Å². The molecule has 1 heterocycles. The largest absolute Gasteiger partial charge is 0.506 e. The Hall–Kier alpha value is -2.08. The molecular weight excluding hydrogens is 336 g/mol. The zero-order valence-electron chi connectivity index (χ0n) is 11.7. The number of carbonyl (C=O) groups excluding carboxylic acids is 1. The number of anilines is 1. The molecule has 110 valence electrons. The van der Waals surface area contributed by atoms with E-state index in [0.29, 0.717) is 16.7 Å². The summed E-state index contributed by atoms with van der Waals surface area (Å²) in [5.74, 6) is -0.542. The zero-order chi connectivity index (χ0) is 15.6. The van der Waals surface area contributed by atoms with Gasteiger partial charge in [0.25, 0.3) is 11.5 Å². The molecule has 0 atom stereocenters. The molecule has 1 aromatic carbocycles. The van der Waals surface area contributed by atoms with E-state index in [-0.39, 0.29) is 16.9 Å². The highest BCUT2D eigenvalue weighted by Gasteiger charge is 2.15. The molecule has 6 heteroatoms. The Morgan fingerprint density at radius 3 is 2.76 bits per heavy atom. The van der Waals surface area contributed by atoms with Crippen LogP contribution in [0.5, 0.6) is 5.75 Å². The van der Waals surface area contributed by atoms with Crippen LogP contribution in [0.1, 0.15) is 22.8 Å². The summed E-state index contributed by atoms with van der Waals surface area (Å²) in [5, 5.41) is 12.6. The average molecular weight is 351 g/mol. The lowest BCUT2D eigenvalue weighted by Crippen LogP contribution is -2.20. The number of halogens is 1. The van der Waals surface area contributed by atoms with Gasteiger partial charge in [0.2, 0.25) is 0 Å². The molecule has 0 radical (unpaired) electrons. The van der Waals surface area contributed by atoms with Crippen LogP contribution in [0.25, 0.3) is 0 Å². The Morgan fingerprint density at radius 2 is 2.10 bits per heavy atom. The molecule has 2 rings (SSSR count). The lowest BCUT2D eigenvalue weighted by molar-refractivity contribution is 0.102. The molecule has 0 fully saturated rings. The molecule has 0 aliphatic carbocycles. The first-order valence-corrected chi connectivity index (χ1v) is 7.22. The van der Waals surface area contributed by atoms with Crippen molar-refractivity contribution in [3.05, 3.63) is 56.4 Å². The third kappa shape index (κ3) is 3.33. The fraction of sp³-hybridized carbons (Fsp3) is 0.200. The maximum Gasteiger partial charge on any atom is 0.259 e. The third-order valence-corrected chi connectivity index (χ3v) is 3.64. The van der Waals surface area contributed by atoms with Crippen LogP contribution in [0.2, 0.25) is 0 Å². The lowest BCUT2D eigenvalue weighted by atomic mass is 10.1.